The van der Waals surface area contributed by atoms with Gasteiger partial charge in [0.05, 0.1) is 30.4 Å². The van der Waals surface area contributed by atoms with E-state index < -0.39 is 35.2 Å². The number of hydrogen-bond acceptors (Lipinski definition) is 6. The van der Waals surface area contributed by atoms with E-state index in [1.54, 1.807) is 80.7 Å². The van der Waals surface area contributed by atoms with Gasteiger partial charge < -0.3 is 16.2 Å². The number of pyridine rings is 1. The van der Waals surface area contributed by atoms with Crippen LogP contribution < -0.4 is 26.0 Å². The Labute approximate surface area is 203 Å². The number of methoxy groups -OCH3 is 1. The Morgan fingerprint density at radius 3 is 2.20 bits per heavy atom. The molecule has 1 aliphatic heterocycles. The van der Waals surface area contributed by atoms with E-state index in [-0.39, 0.29) is 0 Å². The molecule has 35 heavy (non-hydrogen) atoms. The first-order valence-corrected chi connectivity index (χ1v) is 11.1. The fraction of sp³-hybridized carbons (Fsp3) is 0.231. The van der Waals surface area contributed by atoms with Crippen LogP contribution in [0.15, 0.2) is 73.1 Å². The summed E-state index contributed by atoms with van der Waals surface area (Å²) in [5.74, 6) is -2.05. The maximum atomic E-state index is 14.0. The van der Waals surface area contributed by atoms with Crippen LogP contribution in [0.4, 0.5) is 17.1 Å². The van der Waals surface area contributed by atoms with Crippen molar-refractivity contribution >= 4 is 34.8 Å². The molecule has 3 amide bonds. The fourth-order valence-electron chi connectivity index (χ4n) is 4.68. The van der Waals surface area contributed by atoms with Gasteiger partial charge in [-0.3, -0.25) is 29.2 Å². The Kier molecular flexibility index (Phi) is 6.27. The molecule has 1 aliphatic rings. The average Bonchev–Trinajstić information content (AvgIpc) is 2.94. The van der Waals surface area contributed by atoms with E-state index in [2.05, 4.69) is 4.98 Å². The number of anilines is 3. The summed E-state index contributed by atoms with van der Waals surface area (Å²) in [5, 5.41) is 0. The predicted octanol–water partition coefficient (Wildman–Crippen LogP) is 2.47. The normalized spacial score (nSPS) is 17.6. The number of amides is 3. The quantitative estimate of drug-likeness (QED) is 0.529. The van der Waals surface area contributed by atoms with Crippen molar-refractivity contribution in [3.63, 3.8) is 0 Å². The first kappa shape index (κ1) is 23.9. The SMILES string of the molecule is COc1ccc(C(C(N)=O)(C(C)C)N2C(=O)C(N)C(=O)N(c3cccnc3)c3ccccc32)cc1. The van der Waals surface area contributed by atoms with E-state index in [4.69, 9.17) is 16.2 Å². The van der Waals surface area contributed by atoms with Gasteiger partial charge in [0.1, 0.15) is 5.75 Å². The summed E-state index contributed by atoms with van der Waals surface area (Å²) in [6.45, 7) is 3.59. The molecular formula is C26H27N5O4. The molecule has 4 N–H and O–H groups in total. The van der Waals surface area contributed by atoms with E-state index in [1.165, 1.54) is 23.1 Å². The van der Waals surface area contributed by atoms with Crippen LogP contribution in [-0.2, 0) is 19.9 Å². The summed E-state index contributed by atoms with van der Waals surface area (Å²) >= 11 is 0. The summed E-state index contributed by atoms with van der Waals surface area (Å²) in [7, 11) is 1.53. The van der Waals surface area contributed by atoms with Crippen molar-refractivity contribution < 1.29 is 19.1 Å². The van der Waals surface area contributed by atoms with Crippen molar-refractivity contribution in [3.8, 4) is 5.75 Å². The number of nitrogens with zero attached hydrogens (tertiary/aromatic N) is 3. The molecule has 0 saturated heterocycles. The lowest BCUT2D eigenvalue weighted by atomic mass is 9.76. The Morgan fingerprint density at radius 1 is 1.00 bits per heavy atom. The van der Waals surface area contributed by atoms with Crippen molar-refractivity contribution in [1.29, 1.82) is 0 Å². The maximum Gasteiger partial charge on any atom is 0.258 e. The zero-order chi connectivity index (χ0) is 25.3. The third-order valence-electron chi connectivity index (χ3n) is 6.33. The van der Waals surface area contributed by atoms with Gasteiger partial charge >= 0.3 is 0 Å². The summed E-state index contributed by atoms with van der Waals surface area (Å²) < 4.78 is 5.27. The summed E-state index contributed by atoms with van der Waals surface area (Å²) in [5.41, 5.74) is 12.3. The van der Waals surface area contributed by atoms with Crippen molar-refractivity contribution in [2.45, 2.75) is 25.4 Å². The number of carbonyl (C=O) groups is 3. The topological polar surface area (TPSA) is 132 Å². The number of aromatic nitrogens is 1. The molecule has 0 bridgehead atoms. The maximum absolute atomic E-state index is 14.0. The standard InChI is InChI=1S/C26H27N5O4/c1-16(2)26(25(28)34,17-10-12-19(35-3)13-11-17)31-21-9-5-4-8-20(21)30(18-7-6-14-29-15-18)23(32)22(27)24(31)33/h4-16,22H,27H2,1-3H3,(H2,28,34). The average molecular weight is 474 g/mol. The number of ether oxygens (including phenoxy) is 1. The second-order valence-electron chi connectivity index (χ2n) is 8.54. The molecule has 9 nitrogen and oxygen atoms in total. The van der Waals surface area contributed by atoms with Crippen LogP contribution >= 0.6 is 0 Å². The molecular weight excluding hydrogens is 446 g/mol. The van der Waals surface area contributed by atoms with E-state index >= 15 is 0 Å². The minimum absolute atomic E-state index is 0.325. The third-order valence-corrected chi connectivity index (χ3v) is 6.33. The van der Waals surface area contributed by atoms with Crippen LogP contribution in [0.5, 0.6) is 5.75 Å². The predicted molar refractivity (Wildman–Crippen MR) is 132 cm³/mol. The van der Waals surface area contributed by atoms with Gasteiger partial charge in [0.15, 0.2) is 11.6 Å². The van der Waals surface area contributed by atoms with Gasteiger partial charge in [-0.15, -0.1) is 0 Å². The van der Waals surface area contributed by atoms with Gasteiger partial charge in [-0.25, -0.2) is 0 Å². The molecule has 180 valence electrons. The molecule has 1 aromatic heterocycles. The monoisotopic (exact) mass is 473 g/mol. The lowest BCUT2D eigenvalue weighted by molar-refractivity contribution is -0.133. The molecule has 0 fully saturated rings. The molecule has 0 spiro atoms. The van der Waals surface area contributed by atoms with Crippen LogP contribution in [0.3, 0.4) is 0 Å². The second-order valence-corrected chi connectivity index (χ2v) is 8.54. The van der Waals surface area contributed by atoms with E-state index in [0.717, 1.165) is 0 Å². The molecule has 2 atom stereocenters. The lowest BCUT2D eigenvalue weighted by Gasteiger charge is -2.45. The van der Waals surface area contributed by atoms with Crippen molar-refractivity contribution in [1.82, 2.24) is 4.98 Å². The van der Waals surface area contributed by atoms with Crippen LogP contribution in [0, 0.1) is 5.92 Å². The highest BCUT2D eigenvalue weighted by Gasteiger charge is 2.54. The van der Waals surface area contributed by atoms with Gasteiger partial charge in [0.2, 0.25) is 5.91 Å². The zero-order valence-corrected chi connectivity index (χ0v) is 19.7. The Balaban J connectivity index is 2.05. The minimum atomic E-state index is -1.65. The summed E-state index contributed by atoms with van der Waals surface area (Å²) in [4.78, 5) is 47.6. The van der Waals surface area contributed by atoms with Gasteiger partial charge in [-0.1, -0.05) is 38.1 Å². The Bertz CT molecular complexity index is 1260. The largest absolute Gasteiger partial charge is 0.497 e. The van der Waals surface area contributed by atoms with Crippen LogP contribution in [0.1, 0.15) is 19.4 Å². The molecule has 0 radical (unpaired) electrons. The van der Waals surface area contributed by atoms with Crippen LogP contribution in [-0.4, -0.2) is 35.9 Å². The highest BCUT2D eigenvalue weighted by molar-refractivity contribution is 6.24. The fourth-order valence-corrected chi connectivity index (χ4v) is 4.68. The molecule has 0 aliphatic carbocycles. The van der Waals surface area contributed by atoms with Gasteiger partial charge in [0, 0.05) is 6.20 Å². The number of nitrogens with two attached hydrogens (primary N) is 2. The first-order chi connectivity index (χ1) is 16.7. The number of para-hydroxylation sites is 2. The molecule has 2 unspecified atom stereocenters. The highest BCUT2D eigenvalue weighted by Crippen LogP contribution is 2.46. The summed E-state index contributed by atoms with van der Waals surface area (Å²) in [6, 6.07) is 15.4. The van der Waals surface area contributed by atoms with Gasteiger partial charge in [0.25, 0.3) is 11.8 Å². The first-order valence-electron chi connectivity index (χ1n) is 11.1. The number of fused-ring (bicyclic) bond motifs is 1. The lowest BCUT2D eigenvalue weighted by Crippen LogP contribution is -2.64. The van der Waals surface area contributed by atoms with Gasteiger partial charge in [-0.05, 0) is 47.9 Å². The van der Waals surface area contributed by atoms with E-state index in [9.17, 15) is 14.4 Å². The molecule has 3 aromatic rings. The summed E-state index contributed by atoms with van der Waals surface area (Å²) in [6.07, 6.45) is 3.09. The molecule has 2 aromatic carbocycles. The second kappa shape index (κ2) is 9.19. The number of rotatable bonds is 6. The third kappa shape index (κ3) is 3.70. The minimum Gasteiger partial charge on any atom is -0.497 e. The molecule has 4 rings (SSSR count). The van der Waals surface area contributed by atoms with E-state index in [1.807, 2.05) is 0 Å². The zero-order valence-electron chi connectivity index (χ0n) is 19.7. The molecule has 0 saturated carbocycles. The van der Waals surface area contributed by atoms with Crippen LogP contribution in [0.25, 0.3) is 0 Å². The Hall–Kier alpha value is -4.24. The molecule has 9 heteroatoms. The number of hydrogen-bond donors (Lipinski definition) is 2. The van der Waals surface area contributed by atoms with E-state index in [0.29, 0.717) is 28.4 Å². The molecule has 2 heterocycles. The van der Waals surface area contributed by atoms with Gasteiger partial charge in [-0.2, -0.15) is 0 Å². The van der Waals surface area contributed by atoms with Crippen LogP contribution in [0.2, 0.25) is 0 Å². The number of primary amides is 1. The van der Waals surface area contributed by atoms with Crippen molar-refractivity contribution in [3.05, 3.63) is 78.6 Å². The van der Waals surface area contributed by atoms with Crippen molar-refractivity contribution in [2.75, 3.05) is 16.9 Å². The van der Waals surface area contributed by atoms with Crippen molar-refractivity contribution in [2.24, 2.45) is 17.4 Å². The number of carbonyl (C=O) groups excluding carboxylic acids is 3. The Morgan fingerprint density at radius 2 is 1.66 bits per heavy atom. The number of benzene rings is 2. The highest BCUT2D eigenvalue weighted by atomic mass is 16.5. The smallest absolute Gasteiger partial charge is 0.258 e.